The number of hydrogen-bond donors (Lipinski definition) is 1. The Kier molecular flexibility index (Phi) is 5.38. The zero-order valence-corrected chi connectivity index (χ0v) is 16.0. The first-order valence-electron chi connectivity index (χ1n) is 8.53. The zero-order valence-electron chi connectivity index (χ0n) is 15.2. The SMILES string of the molecule is CC(C)(C)OC(=O)N1CCN(CC(=O)Nc2cccc3nsnc23)CC1. The summed E-state index contributed by atoms with van der Waals surface area (Å²) in [6, 6.07) is 5.53. The Labute approximate surface area is 156 Å². The lowest BCUT2D eigenvalue weighted by molar-refractivity contribution is -0.117. The highest BCUT2D eigenvalue weighted by Crippen LogP contribution is 2.21. The lowest BCUT2D eigenvalue weighted by Crippen LogP contribution is -2.51. The largest absolute Gasteiger partial charge is 0.444 e. The summed E-state index contributed by atoms with van der Waals surface area (Å²) < 4.78 is 13.8. The summed E-state index contributed by atoms with van der Waals surface area (Å²) >= 11 is 1.13. The third kappa shape index (κ3) is 4.67. The van der Waals surface area contributed by atoms with E-state index in [4.69, 9.17) is 4.74 Å². The molecule has 8 nitrogen and oxygen atoms in total. The second kappa shape index (κ2) is 7.55. The minimum absolute atomic E-state index is 0.101. The van der Waals surface area contributed by atoms with Gasteiger partial charge in [-0.3, -0.25) is 9.69 Å². The summed E-state index contributed by atoms with van der Waals surface area (Å²) in [7, 11) is 0. The molecule has 1 aromatic carbocycles. The van der Waals surface area contributed by atoms with E-state index in [0.29, 0.717) is 37.4 Å². The van der Waals surface area contributed by atoms with Crippen molar-refractivity contribution in [2.75, 3.05) is 38.0 Å². The number of piperazine rings is 1. The molecule has 2 amide bonds. The maximum atomic E-state index is 12.3. The van der Waals surface area contributed by atoms with Gasteiger partial charge in [-0.1, -0.05) is 6.07 Å². The second-order valence-corrected chi connectivity index (χ2v) is 7.76. The highest BCUT2D eigenvalue weighted by molar-refractivity contribution is 7.00. The molecule has 0 bridgehead atoms. The van der Waals surface area contributed by atoms with Crippen LogP contribution in [0.4, 0.5) is 10.5 Å². The first-order chi connectivity index (χ1) is 12.3. The van der Waals surface area contributed by atoms with Crippen molar-refractivity contribution in [3.8, 4) is 0 Å². The number of hydrogen-bond acceptors (Lipinski definition) is 7. The molecule has 0 aliphatic carbocycles. The monoisotopic (exact) mass is 377 g/mol. The molecule has 1 fully saturated rings. The van der Waals surface area contributed by atoms with Crippen molar-refractivity contribution in [3.63, 3.8) is 0 Å². The molecule has 1 aliphatic rings. The molecule has 1 aliphatic heterocycles. The Morgan fingerprint density at radius 2 is 1.92 bits per heavy atom. The molecular formula is C17H23N5O3S. The molecule has 0 spiro atoms. The van der Waals surface area contributed by atoms with Gasteiger partial charge in [0.05, 0.1) is 24.0 Å². The van der Waals surface area contributed by atoms with Crippen LogP contribution in [0.2, 0.25) is 0 Å². The molecule has 9 heteroatoms. The van der Waals surface area contributed by atoms with E-state index in [1.54, 1.807) is 4.90 Å². The van der Waals surface area contributed by atoms with Gasteiger partial charge in [0.25, 0.3) is 0 Å². The quantitative estimate of drug-likeness (QED) is 0.882. The van der Waals surface area contributed by atoms with Gasteiger partial charge in [0, 0.05) is 26.2 Å². The molecule has 0 radical (unpaired) electrons. The molecule has 3 rings (SSSR count). The van der Waals surface area contributed by atoms with E-state index in [-0.39, 0.29) is 18.5 Å². The van der Waals surface area contributed by atoms with Crippen molar-refractivity contribution in [1.82, 2.24) is 18.5 Å². The van der Waals surface area contributed by atoms with Crippen LogP contribution in [0.3, 0.4) is 0 Å². The Morgan fingerprint density at radius 1 is 1.19 bits per heavy atom. The minimum atomic E-state index is -0.500. The number of nitrogens with one attached hydrogen (secondary N) is 1. The number of carbonyl (C=O) groups excluding carboxylic acids is 2. The summed E-state index contributed by atoms with van der Waals surface area (Å²) in [6.45, 7) is 8.19. The fraction of sp³-hybridized carbons (Fsp3) is 0.529. The van der Waals surface area contributed by atoms with Gasteiger partial charge in [0.1, 0.15) is 16.6 Å². The number of nitrogens with zero attached hydrogens (tertiary/aromatic N) is 4. The number of carbonyl (C=O) groups is 2. The summed E-state index contributed by atoms with van der Waals surface area (Å²) in [4.78, 5) is 28.1. The molecule has 26 heavy (non-hydrogen) atoms. The molecule has 0 atom stereocenters. The van der Waals surface area contributed by atoms with Gasteiger partial charge in [-0.15, -0.1) is 0 Å². The van der Waals surface area contributed by atoms with Crippen molar-refractivity contribution in [3.05, 3.63) is 18.2 Å². The number of fused-ring (bicyclic) bond motifs is 1. The number of rotatable bonds is 3. The third-order valence-electron chi connectivity index (χ3n) is 3.95. The Bertz CT molecular complexity index is 793. The van der Waals surface area contributed by atoms with Crippen molar-refractivity contribution >= 4 is 40.4 Å². The van der Waals surface area contributed by atoms with Gasteiger partial charge in [0.15, 0.2) is 0 Å². The van der Waals surface area contributed by atoms with Gasteiger partial charge < -0.3 is 15.0 Å². The topological polar surface area (TPSA) is 87.7 Å². The van der Waals surface area contributed by atoms with Gasteiger partial charge in [-0.25, -0.2) is 4.79 Å². The van der Waals surface area contributed by atoms with Crippen molar-refractivity contribution in [2.24, 2.45) is 0 Å². The average Bonchev–Trinajstić information content (AvgIpc) is 3.03. The van der Waals surface area contributed by atoms with E-state index in [2.05, 4.69) is 14.1 Å². The molecular weight excluding hydrogens is 354 g/mol. The molecule has 1 aromatic heterocycles. The smallest absolute Gasteiger partial charge is 0.410 e. The van der Waals surface area contributed by atoms with Crippen LogP contribution < -0.4 is 5.32 Å². The molecule has 1 N–H and O–H groups in total. The number of amides is 2. The second-order valence-electron chi connectivity index (χ2n) is 7.23. The first-order valence-corrected chi connectivity index (χ1v) is 9.26. The molecule has 0 saturated carbocycles. The molecule has 140 valence electrons. The average molecular weight is 377 g/mol. The zero-order chi connectivity index (χ0) is 18.7. The van der Waals surface area contributed by atoms with Crippen LogP contribution in [0.15, 0.2) is 18.2 Å². The Balaban J connectivity index is 1.49. The van der Waals surface area contributed by atoms with Crippen molar-refractivity contribution in [2.45, 2.75) is 26.4 Å². The predicted molar refractivity (Wildman–Crippen MR) is 100 cm³/mol. The summed E-state index contributed by atoms with van der Waals surface area (Å²) in [6.07, 6.45) is -0.302. The lowest BCUT2D eigenvalue weighted by Gasteiger charge is -2.35. The minimum Gasteiger partial charge on any atom is -0.444 e. The fourth-order valence-corrected chi connectivity index (χ4v) is 3.26. The van der Waals surface area contributed by atoms with Gasteiger partial charge in [0.2, 0.25) is 5.91 Å². The van der Waals surface area contributed by atoms with Crippen molar-refractivity contribution in [1.29, 1.82) is 0 Å². The summed E-state index contributed by atoms with van der Waals surface area (Å²) in [5.41, 5.74) is 1.66. The van der Waals surface area contributed by atoms with Crippen LogP contribution in [0.1, 0.15) is 20.8 Å². The maximum absolute atomic E-state index is 12.3. The van der Waals surface area contributed by atoms with Crippen LogP contribution in [-0.4, -0.2) is 68.9 Å². The normalized spacial score (nSPS) is 15.9. The van der Waals surface area contributed by atoms with E-state index in [9.17, 15) is 9.59 Å². The number of anilines is 1. The summed E-state index contributed by atoms with van der Waals surface area (Å²) in [5, 5.41) is 2.90. The van der Waals surface area contributed by atoms with Gasteiger partial charge >= 0.3 is 6.09 Å². The maximum Gasteiger partial charge on any atom is 0.410 e. The Morgan fingerprint density at radius 3 is 2.62 bits per heavy atom. The van der Waals surface area contributed by atoms with Gasteiger partial charge in [-0.05, 0) is 32.9 Å². The van der Waals surface area contributed by atoms with Crippen LogP contribution >= 0.6 is 11.7 Å². The molecule has 0 unspecified atom stereocenters. The van der Waals surface area contributed by atoms with E-state index in [1.807, 2.05) is 43.9 Å². The van der Waals surface area contributed by atoms with E-state index in [0.717, 1.165) is 17.2 Å². The highest BCUT2D eigenvalue weighted by atomic mass is 32.1. The fourth-order valence-electron chi connectivity index (χ4n) is 2.71. The van der Waals surface area contributed by atoms with E-state index in [1.165, 1.54) is 0 Å². The Hall–Kier alpha value is -2.26. The van der Waals surface area contributed by atoms with Crippen LogP contribution in [-0.2, 0) is 9.53 Å². The number of benzene rings is 1. The number of aromatic nitrogens is 2. The van der Waals surface area contributed by atoms with Crippen LogP contribution in [0, 0.1) is 0 Å². The lowest BCUT2D eigenvalue weighted by atomic mass is 10.2. The number of ether oxygens (including phenoxy) is 1. The first kappa shape index (κ1) is 18.5. The molecule has 1 saturated heterocycles. The predicted octanol–water partition coefficient (Wildman–Crippen LogP) is 2.18. The van der Waals surface area contributed by atoms with Crippen LogP contribution in [0.25, 0.3) is 11.0 Å². The van der Waals surface area contributed by atoms with Crippen LogP contribution in [0.5, 0.6) is 0 Å². The standard InChI is InChI=1S/C17H23N5O3S/c1-17(2,3)25-16(24)22-9-7-21(8-10-22)11-14(23)18-12-5-4-6-13-15(12)20-26-19-13/h4-6H,7-11H2,1-3H3,(H,18,23). The van der Waals surface area contributed by atoms with Crippen molar-refractivity contribution < 1.29 is 14.3 Å². The van der Waals surface area contributed by atoms with Gasteiger partial charge in [-0.2, -0.15) is 8.75 Å². The molecule has 2 aromatic rings. The highest BCUT2D eigenvalue weighted by Gasteiger charge is 2.26. The van der Waals surface area contributed by atoms with E-state index < -0.39 is 5.60 Å². The molecule has 2 heterocycles. The summed E-state index contributed by atoms with van der Waals surface area (Å²) in [5.74, 6) is -0.101. The third-order valence-corrected chi connectivity index (χ3v) is 4.49. The van der Waals surface area contributed by atoms with E-state index >= 15 is 0 Å².